The summed E-state index contributed by atoms with van der Waals surface area (Å²) in [6.07, 6.45) is 0. The molecule has 0 atom stereocenters. The van der Waals surface area contributed by atoms with E-state index in [4.69, 9.17) is 0 Å². The summed E-state index contributed by atoms with van der Waals surface area (Å²) >= 11 is 0. The van der Waals surface area contributed by atoms with Crippen LogP contribution in [0.2, 0.25) is 0 Å². The third-order valence-electron chi connectivity index (χ3n) is 3.53. The molecule has 2 aromatic carbocycles. The molecule has 2 rings (SSSR count). The molecule has 2 N–H and O–H groups in total. The van der Waals surface area contributed by atoms with Crippen LogP contribution < -0.4 is 10.6 Å². The van der Waals surface area contributed by atoms with Gasteiger partial charge in [-0.3, -0.25) is 9.79 Å². The van der Waals surface area contributed by atoms with E-state index in [1.54, 1.807) is 7.05 Å². The van der Waals surface area contributed by atoms with Gasteiger partial charge in [-0.05, 0) is 23.3 Å². The molecule has 5 heteroatoms. The first kappa shape index (κ1) is 17.5. The summed E-state index contributed by atoms with van der Waals surface area (Å²) in [6, 6.07) is 18.1. The van der Waals surface area contributed by atoms with E-state index >= 15 is 0 Å². The number of hydrogen-bond donors (Lipinski definition) is 2. The second-order valence-corrected chi connectivity index (χ2v) is 5.62. The Balaban J connectivity index is 1.95. The van der Waals surface area contributed by atoms with Crippen LogP contribution in [0, 0.1) is 0 Å². The van der Waals surface area contributed by atoms with Gasteiger partial charge < -0.3 is 15.5 Å². The SMILES string of the molecule is CN=C(NCc1cccc(NC(C)=O)c1)N(C)Cc1ccccc1. The highest BCUT2D eigenvalue weighted by molar-refractivity contribution is 5.88. The van der Waals surface area contributed by atoms with Crippen LogP contribution in [0.5, 0.6) is 0 Å². The third-order valence-corrected chi connectivity index (χ3v) is 3.53. The Labute approximate surface area is 143 Å². The number of carbonyl (C=O) groups excluding carboxylic acids is 1. The van der Waals surface area contributed by atoms with E-state index in [-0.39, 0.29) is 5.91 Å². The van der Waals surface area contributed by atoms with E-state index in [1.807, 2.05) is 49.5 Å². The number of anilines is 1. The van der Waals surface area contributed by atoms with Gasteiger partial charge in [0.1, 0.15) is 0 Å². The van der Waals surface area contributed by atoms with Crippen molar-refractivity contribution in [1.82, 2.24) is 10.2 Å². The summed E-state index contributed by atoms with van der Waals surface area (Å²) < 4.78 is 0. The fraction of sp³-hybridized carbons (Fsp3) is 0.263. The number of aliphatic imine (C=N–C) groups is 1. The summed E-state index contributed by atoms with van der Waals surface area (Å²) in [5.74, 6) is 0.752. The van der Waals surface area contributed by atoms with Gasteiger partial charge in [-0.2, -0.15) is 0 Å². The lowest BCUT2D eigenvalue weighted by Crippen LogP contribution is -2.38. The fourth-order valence-electron chi connectivity index (χ4n) is 2.46. The van der Waals surface area contributed by atoms with Crippen LogP contribution in [0.4, 0.5) is 5.69 Å². The average Bonchev–Trinajstić information content (AvgIpc) is 2.56. The van der Waals surface area contributed by atoms with Gasteiger partial charge in [0.05, 0.1) is 0 Å². The molecule has 0 bridgehead atoms. The van der Waals surface area contributed by atoms with Gasteiger partial charge in [0.2, 0.25) is 5.91 Å². The van der Waals surface area contributed by atoms with Gasteiger partial charge in [0.15, 0.2) is 5.96 Å². The molecule has 5 nitrogen and oxygen atoms in total. The minimum Gasteiger partial charge on any atom is -0.352 e. The third kappa shape index (κ3) is 5.43. The first-order valence-corrected chi connectivity index (χ1v) is 7.90. The normalized spacial score (nSPS) is 11.0. The molecule has 126 valence electrons. The second kappa shape index (κ2) is 8.72. The van der Waals surface area contributed by atoms with Crippen molar-refractivity contribution in [1.29, 1.82) is 0 Å². The standard InChI is InChI=1S/C19H24N4O/c1-15(24)22-18-11-7-10-17(12-18)13-21-19(20-2)23(3)14-16-8-5-4-6-9-16/h4-12H,13-14H2,1-3H3,(H,20,21)(H,22,24). The predicted octanol–water partition coefficient (Wildman–Crippen LogP) is 2.85. The van der Waals surface area contributed by atoms with Gasteiger partial charge in [0, 0.05) is 39.8 Å². The largest absolute Gasteiger partial charge is 0.352 e. The van der Waals surface area contributed by atoms with Crippen molar-refractivity contribution >= 4 is 17.6 Å². The van der Waals surface area contributed by atoms with Crippen molar-refractivity contribution in [2.75, 3.05) is 19.4 Å². The van der Waals surface area contributed by atoms with Gasteiger partial charge in [-0.25, -0.2) is 0 Å². The molecular formula is C19H24N4O. The van der Waals surface area contributed by atoms with E-state index in [0.29, 0.717) is 6.54 Å². The quantitative estimate of drug-likeness (QED) is 0.657. The van der Waals surface area contributed by atoms with Crippen LogP contribution in [0.1, 0.15) is 18.1 Å². The second-order valence-electron chi connectivity index (χ2n) is 5.62. The molecule has 0 fully saturated rings. The zero-order valence-corrected chi connectivity index (χ0v) is 14.4. The molecule has 0 unspecified atom stereocenters. The number of guanidine groups is 1. The highest BCUT2D eigenvalue weighted by Crippen LogP contribution is 2.10. The van der Waals surface area contributed by atoms with E-state index in [0.717, 1.165) is 23.8 Å². The summed E-state index contributed by atoms with van der Waals surface area (Å²) in [6.45, 7) is 2.93. The monoisotopic (exact) mass is 324 g/mol. The maximum atomic E-state index is 11.1. The number of hydrogen-bond acceptors (Lipinski definition) is 2. The van der Waals surface area contributed by atoms with Crippen molar-refractivity contribution in [2.24, 2.45) is 4.99 Å². The number of benzene rings is 2. The minimum absolute atomic E-state index is 0.0708. The maximum Gasteiger partial charge on any atom is 0.221 e. The lowest BCUT2D eigenvalue weighted by atomic mass is 10.2. The Morgan fingerprint density at radius 1 is 1.08 bits per heavy atom. The van der Waals surface area contributed by atoms with Crippen molar-refractivity contribution in [3.05, 3.63) is 65.7 Å². The van der Waals surface area contributed by atoms with Crippen LogP contribution in [0.25, 0.3) is 0 Å². The summed E-state index contributed by atoms with van der Waals surface area (Å²) in [5.41, 5.74) is 3.11. The Kier molecular flexibility index (Phi) is 6.37. The molecule has 0 aliphatic heterocycles. The van der Waals surface area contributed by atoms with Crippen LogP contribution in [0.15, 0.2) is 59.6 Å². The number of nitrogens with one attached hydrogen (secondary N) is 2. The average molecular weight is 324 g/mol. The molecule has 0 saturated heterocycles. The molecule has 0 aliphatic rings. The van der Waals surface area contributed by atoms with Gasteiger partial charge >= 0.3 is 0 Å². The highest BCUT2D eigenvalue weighted by atomic mass is 16.1. The van der Waals surface area contributed by atoms with Gasteiger partial charge in [-0.15, -0.1) is 0 Å². The number of nitrogens with zero attached hydrogens (tertiary/aromatic N) is 2. The van der Waals surface area contributed by atoms with Crippen LogP contribution in [-0.4, -0.2) is 30.9 Å². The first-order valence-electron chi connectivity index (χ1n) is 7.90. The van der Waals surface area contributed by atoms with Gasteiger partial charge in [-0.1, -0.05) is 42.5 Å². The molecular weight excluding hydrogens is 300 g/mol. The zero-order valence-electron chi connectivity index (χ0n) is 14.4. The predicted molar refractivity (Wildman–Crippen MR) is 98.9 cm³/mol. The smallest absolute Gasteiger partial charge is 0.221 e. The van der Waals surface area contributed by atoms with E-state index in [1.165, 1.54) is 12.5 Å². The molecule has 0 radical (unpaired) electrons. The maximum absolute atomic E-state index is 11.1. The molecule has 0 heterocycles. The van der Waals surface area contributed by atoms with E-state index in [2.05, 4.69) is 32.7 Å². The lowest BCUT2D eigenvalue weighted by Gasteiger charge is -2.22. The Hall–Kier alpha value is -2.82. The summed E-state index contributed by atoms with van der Waals surface area (Å²) in [4.78, 5) is 17.6. The number of amides is 1. The van der Waals surface area contributed by atoms with Crippen LogP contribution in [0.3, 0.4) is 0 Å². The molecule has 0 saturated carbocycles. The molecule has 0 aromatic heterocycles. The Morgan fingerprint density at radius 3 is 2.46 bits per heavy atom. The van der Waals surface area contributed by atoms with Crippen molar-refractivity contribution in [3.8, 4) is 0 Å². The topological polar surface area (TPSA) is 56.7 Å². The Bertz CT molecular complexity index is 698. The van der Waals surface area contributed by atoms with Crippen molar-refractivity contribution in [2.45, 2.75) is 20.0 Å². The minimum atomic E-state index is -0.0708. The number of rotatable bonds is 5. The fourth-order valence-corrected chi connectivity index (χ4v) is 2.46. The molecule has 2 aromatic rings. The van der Waals surface area contributed by atoms with E-state index < -0.39 is 0 Å². The summed E-state index contributed by atoms with van der Waals surface area (Å²) in [7, 11) is 3.79. The first-order chi connectivity index (χ1) is 11.6. The zero-order chi connectivity index (χ0) is 17.4. The highest BCUT2D eigenvalue weighted by Gasteiger charge is 2.06. The van der Waals surface area contributed by atoms with Crippen LogP contribution >= 0.6 is 0 Å². The molecule has 24 heavy (non-hydrogen) atoms. The molecule has 0 aliphatic carbocycles. The molecule has 0 spiro atoms. The number of carbonyl (C=O) groups is 1. The molecule has 1 amide bonds. The lowest BCUT2D eigenvalue weighted by molar-refractivity contribution is -0.114. The van der Waals surface area contributed by atoms with E-state index in [9.17, 15) is 4.79 Å². The van der Waals surface area contributed by atoms with Crippen LogP contribution in [-0.2, 0) is 17.9 Å². The van der Waals surface area contributed by atoms with Crippen molar-refractivity contribution < 1.29 is 4.79 Å². The summed E-state index contributed by atoms with van der Waals surface area (Å²) in [5, 5.41) is 6.14. The van der Waals surface area contributed by atoms with Gasteiger partial charge in [0.25, 0.3) is 0 Å². The Morgan fingerprint density at radius 2 is 1.79 bits per heavy atom. The van der Waals surface area contributed by atoms with Crippen molar-refractivity contribution in [3.63, 3.8) is 0 Å².